The maximum atomic E-state index is 13.0. The smallest absolute Gasteiger partial charge is 0.243 e. The van der Waals surface area contributed by atoms with E-state index in [0.717, 1.165) is 34.5 Å². The maximum absolute atomic E-state index is 13.0. The molecule has 0 spiro atoms. The van der Waals surface area contributed by atoms with Gasteiger partial charge in [-0.25, -0.2) is 0 Å². The number of benzene rings is 1. The number of likely N-dealkylation sites (tertiary alicyclic amines) is 1. The van der Waals surface area contributed by atoms with Crippen molar-refractivity contribution in [3.8, 4) is 5.75 Å². The molecule has 3 rings (SSSR count). The number of nitrogens with zero attached hydrogens (tertiary/aromatic N) is 1. The highest BCUT2D eigenvalue weighted by atomic mass is 16.5. The summed E-state index contributed by atoms with van der Waals surface area (Å²) in [5.41, 5.74) is 1.65. The van der Waals surface area contributed by atoms with Crippen molar-refractivity contribution in [2.45, 2.75) is 66.0 Å². The standard InChI is InChI=1S/C23H32N2O4/c1-14-17-12-16(28-6)9-10-19(17)29-21(14)15(2)24-22(27)18-8-7-11-25(18)20(26)13-23(3,4)5/h9-10,12,15,18H,7-8,11,13H2,1-6H3,(H,24,27). The van der Waals surface area contributed by atoms with Gasteiger partial charge in [0.25, 0.3) is 0 Å². The zero-order chi connectivity index (χ0) is 21.3. The van der Waals surface area contributed by atoms with E-state index in [1.165, 1.54) is 0 Å². The molecule has 1 aromatic heterocycles. The first kappa shape index (κ1) is 21.2. The number of furan rings is 1. The lowest BCUT2D eigenvalue weighted by molar-refractivity contribution is -0.140. The Bertz CT molecular complexity index is 909. The predicted octanol–water partition coefficient (Wildman–Crippen LogP) is 4.35. The third kappa shape index (κ3) is 4.57. The number of nitrogens with one attached hydrogen (secondary N) is 1. The molecule has 1 aromatic carbocycles. The number of hydrogen-bond donors (Lipinski definition) is 1. The minimum atomic E-state index is -0.405. The number of aryl methyl sites for hydroxylation is 1. The summed E-state index contributed by atoms with van der Waals surface area (Å²) >= 11 is 0. The molecule has 2 amide bonds. The lowest BCUT2D eigenvalue weighted by Gasteiger charge is -2.28. The largest absolute Gasteiger partial charge is 0.497 e. The Hall–Kier alpha value is -2.50. The van der Waals surface area contributed by atoms with Crippen LogP contribution in [-0.2, 0) is 9.59 Å². The number of methoxy groups -OCH3 is 1. The first-order valence-electron chi connectivity index (χ1n) is 10.3. The molecule has 6 nitrogen and oxygen atoms in total. The van der Waals surface area contributed by atoms with Crippen molar-refractivity contribution in [3.05, 3.63) is 29.5 Å². The molecule has 2 aromatic rings. The molecule has 0 saturated carbocycles. The van der Waals surface area contributed by atoms with Crippen LogP contribution in [0.25, 0.3) is 11.0 Å². The van der Waals surface area contributed by atoms with Crippen LogP contribution in [0.1, 0.15) is 64.3 Å². The third-order valence-corrected chi connectivity index (χ3v) is 5.49. The molecular weight excluding hydrogens is 368 g/mol. The number of rotatable bonds is 5. The molecule has 1 saturated heterocycles. The molecule has 1 fully saturated rings. The van der Waals surface area contributed by atoms with Gasteiger partial charge in [-0.15, -0.1) is 0 Å². The number of ether oxygens (including phenoxy) is 1. The third-order valence-electron chi connectivity index (χ3n) is 5.49. The van der Waals surface area contributed by atoms with Gasteiger partial charge in [0.15, 0.2) is 0 Å². The van der Waals surface area contributed by atoms with Gasteiger partial charge in [0.2, 0.25) is 11.8 Å². The Morgan fingerprint density at radius 2 is 2.07 bits per heavy atom. The molecule has 158 valence electrons. The van der Waals surface area contributed by atoms with Gasteiger partial charge in [-0.3, -0.25) is 9.59 Å². The summed E-state index contributed by atoms with van der Waals surface area (Å²) in [5, 5.41) is 4.03. The molecule has 2 unspecified atom stereocenters. The van der Waals surface area contributed by atoms with E-state index in [0.29, 0.717) is 19.4 Å². The Labute approximate surface area is 172 Å². The number of amides is 2. The zero-order valence-electron chi connectivity index (χ0n) is 18.3. The van der Waals surface area contributed by atoms with E-state index in [1.807, 2.05) is 52.8 Å². The highest BCUT2D eigenvalue weighted by molar-refractivity contribution is 5.89. The van der Waals surface area contributed by atoms with Crippen molar-refractivity contribution in [2.24, 2.45) is 5.41 Å². The topological polar surface area (TPSA) is 71.8 Å². The zero-order valence-corrected chi connectivity index (χ0v) is 18.3. The van der Waals surface area contributed by atoms with Crippen molar-refractivity contribution in [2.75, 3.05) is 13.7 Å². The first-order chi connectivity index (χ1) is 13.6. The number of carbonyl (C=O) groups is 2. The summed E-state index contributed by atoms with van der Waals surface area (Å²) in [7, 11) is 1.63. The van der Waals surface area contributed by atoms with Crippen LogP contribution >= 0.6 is 0 Å². The summed E-state index contributed by atoms with van der Waals surface area (Å²) in [5.74, 6) is 1.43. The molecule has 29 heavy (non-hydrogen) atoms. The fraction of sp³-hybridized carbons (Fsp3) is 0.565. The SMILES string of the molecule is COc1ccc2oc(C(C)NC(=O)C3CCCN3C(=O)CC(C)(C)C)c(C)c2c1. The van der Waals surface area contributed by atoms with Crippen LogP contribution in [0.5, 0.6) is 5.75 Å². The molecule has 1 aliphatic heterocycles. The second-order valence-corrected chi connectivity index (χ2v) is 9.17. The summed E-state index contributed by atoms with van der Waals surface area (Å²) < 4.78 is 11.3. The Balaban J connectivity index is 1.74. The highest BCUT2D eigenvalue weighted by Crippen LogP contribution is 2.32. The fourth-order valence-electron chi connectivity index (χ4n) is 4.03. The van der Waals surface area contributed by atoms with Gasteiger partial charge >= 0.3 is 0 Å². The first-order valence-corrected chi connectivity index (χ1v) is 10.3. The fourth-order valence-corrected chi connectivity index (χ4v) is 4.03. The van der Waals surface area contributed by atoms with Gasteiger partial charge in [0.05, 0.1) is 13.2 Å². The minimum Gasteiger partial charge on any atom is -0.497 e. The van der Waals surface area contributed by atoms with Crippen molar-refractivity contribution >= 4 is 22.8 Å². The van der Waals surface area contributed by atoms with Crippen LogP contribution in [0.2, 0.25) is 0 Å². The van der Waals surface area contributed by atoms with Gasteiger partial charge in [0.1, 0.15) is 23.1 Å². The Morgan fingerprint density at radius 3 is 2.72 bits per heavy atom. The highest BCUT2D eigenvalue weighted by Gasteiger charge is 2.36. The molecule has 2 atom stereocenters. The van der Waals surface area contributed by atoms with Gasteiger partial charge in [-0.1, -0.05) is 20.8 Å². The second kappa shape index (κ2) is 8.09. The van der Waals surface area contributed by atoms with E-state index in [-0.39, 0.29) is 23.3 Å². The van der Waals surface area contributed by atoms with Crippen LogP contribution < -0.4 is 10.1 Å². The van der Waals surface area contributed by atoms with Crippen LogP contribution in [-0.4, -0.2) is 36.4 Å². The molecule has 0 radical (unpaired) electrons. The monoisotopic (exact) mass is 400 g/mol. The van der Waals surface area contributed by atoms with E-state index in [9.17, 15) is 9.59 Å². The number of hydrogen-bond acceptors (Lipinski definition) is 4. The van der Waals surface area contributed by atoms with Gasteiger partial charge in [-0.2, -0.15) is 0 Å². The predicted molar refractivity (Wildman–Crippen MR) is 113 cm³/mol. The van der Waals surface area contributed by atoms with E-state index in [1.54, 1.807) is 12.0 Å². The van der Waals surface area contributed by atoms with Crippen molar-refractivity contribution in [1.82, 2.24) is 10.2 Å². The molecule has 6 heteroatoms. The summed E-state index contributed by atoms with van der Waals surface area (Å²) in [4.78, 5) is 27.4. The summed E-state index contributed by atoms with van der Waals surface area (Å²) in [6.07, 6.45) is 1.99. The molecule has 1 N–H and O–H groups in total. The summed E-state index contributed by atoms with van der Waals surface area (Å²) in [6.45, 7) is 10.7. The normalized spacial score (nSPS) is 18.1. The van der Waals surface area contributed by atoms with Crippen molar-refractivity contribution in [1.29, 1.82) is 0 Å². The van der Waals surface area contributed by atoms with Crippen molar-refractivity contribution < 1.29 is 18.7 Å². The maximum Gasteiger partial charge on any atom is 0.243 e. The van der Waals surface area contributed by atoms with Crippen molar-refractivity contribution in [3.63, 3.8) is 0 Å². The Morgan fingerprint density at radius 1 is 1.34 bits per heavy atom. The lowest BCUT2D eigenvalue weighted by atomic mass is 9.91. The Kier molecular flexibility index (Phi) is 5.92. The quantitative estimate of drug-likeness (QED) is 0.810. The molecule has 2 heterocycles. The van der Waals surface area contributed by atoms with Gasteiger partial charge in [0, 0.05) is 23.9 Å². The van der Waals surface area contributed by atoms with E-state index in [2.05, 4.69) is 5.32 Å². The second-order valence-electron chi connectivity index (χ2n) is 9.17. The lowest BCUT2D eigenvalue weighted by Crippen LogP contribution is -2.47. The average Bonchev–Trinajstić information content (AvgIpc) is 3.25. The number of carbonyl (C=O) groups excluding carboxylic acids is 2. The van der Waals surface area contributed by atoms with Crippen LogP contribution in [0.4, 0.5) is 0 Å². The molecular formula is C23H32N2O4. The van der Waals surface area contributed by atoms with Crippen LogP contribution in [0.15, 0.2) is 22.6 Å². The van der Waals surface area contributed by atoms with E-state index < -0.39 is 6.04 Å². The molecule has 0 bridgehead atoms. The molecule has 1 aliphatic rings. The minimum absolute atomic E-state index is 0.0508. The van der Waals surface area contributed by atoms with E-state index in [4.69, 9.17) is 9.15 Å². The van der Waals surface area contributed by atoms with Crippen LogP contribution in [0, 0.1) is 12.3 Å². The van der Waals surface area contributed by atoms with Crippen LogP contribution in [0.3, 0.4) is 0 Å². The van der Waals surface area contributed by atoms with Gasteiger partial charge < -0.3 is 19.4 Å². The summed E-state index contributed by atoms with van der Waals surface area (Å²) in [6, 6.07) is 4.98. The van der Waals surface area contributed by atoms with E-state index >= 15 is 0 Å². The van der Waals surface area contributed by atoms with Gasteiger partial charge in [-0.05, 0) is 50.3 Å². The average molecular weight is 401 g/mol. The molecule has 0 aliphatic carbocycles. The number of fused-ring (bicyclic) bond motifs is 1.